The molecular formula is C13H27O. The molecule has 1 radical (unpaired) electrons. The predicted molar refractivity (Wildman–Crippen MR) is 61.9 cm³/mol. The Labute approximate surface area is 89.9 Å². The van der Waals surface area contributed by atoms with Gasteiger partial charge in [0.05, 0.1) is 6.61 Å². The standard InChI is InChI=1S/C13H27O/c1-3-4-5-6-7-8-9-10-13(2)11-12-14/h13H,3-12H2,1-2H3. The molecule has 1 heteroatoms. The lowest BCUT2D eigenvalue weighted by atomic mass is 9.99. The van der Waals surface area contributed by atoms with Gasteiger partial charge in [0, 0.05) is 0 Å². The molecule has 0 N–H and O–H groups in total. The van der Waals surface area contributed by atoms with E-state index in [1.165, 1.54) is 51.4 Å². The summed E-state index contributed by atoms with van der Waals surface area (Å²) in [6.07, 6.45) is 11.8. The van der Waals surface area contributed by atoms with Gasteiger partial charge in [-0.05, 0) is 12.3 Å². The van der Waals surface area contributed by atoms with E-state index >= 15 is 0 Å². The molecule has 1 atom stereocenters. The fourth-order valence-electron chi connectivity index (χ4n) is 1.80. The van der Waals surface area contributed by atoms with Crippen LogP contribution in [0.25, 0.3) is 0 Å². The number of hydrogen-bond donors (Lipinski definition) is 0. The third-order valence-corrected chi connectivity index (χ3v) is 2.91. The number of unbranched alkanes of at least 4 members (excludes halogenated alkanes) is 6. The lowest BCUT2D eigenvalue weighted by Crippen LogP contribution is -1.96. The van der Waals surface area contributed by atoms with Crippen molar-refractivity contribution in [2.45, 2.75) is 71.6 Å². The van der Waals surface area contributed by atoms with Crippen molar-refractivity contribution in [1.29, 1.82) is 0 Å². The highest BCUT2D eigenvalue weighted by molar-refractivity contribution is 4.53. The van der Waals surface area contributed by atoms with Gasteiger partial charge in [0.2, 0.25) is 0 Å². The van der Waals surface area contributed by atoms with E-state index in [0.29, 0.717) is 5.92 Å². The van der Waals surface area contributed by atoms with E-state index in [9.17, 15) is 5.11 Å². The molecule has 0 rings (SSSR count). The zero-order chi connectivity index (χ0) is 10.6. The summed E-state index contributed by atoms with van der Waals surface area (Å²) >= 11 is 0. The second-order valence-corrected chi connectivity index (χ2v) is 4.51. The summed E-state index contributed by atoms with van der Waals surface area (Å²) in [6.45, 7) is 4.57. The van der Waals surface area contributed by atoms with Crippen LogP contribution in [0.2, 0.25) is 0 Å². The van der Waals surface area contributed by atoms with Crippen LogP contribution in [-0.4, -0.2) is 6.61 Å². The van der Waals surface area contributed by atoms with Gasteiger partial charge < -0.3 is 0 Å². The van der Waals surface area contributed by atoms with Crippen LogP contribution < -0.4 is 0 Å². The average molecular weight is 199 g/mol. The fraction of sp³-hybridized carbons (Fsp3) is 1.00. The van der Waals surface area contributed by atoms with Crippen molar-refractivity contribution >= 4 is 0 Å². The van der Waals surface area contributed by atoms with Gasteiger partial charge in [-0.2, -0.15) is 0 Å². The number of hydrogen-bond acceptors (Lipinski definition) is 0. The molecule has 0 aliphatic rings. The van der Waals surface area contributed by atoms with E-state index < -0.39 is 0 Å². The molecule has 0 saturated heterocycles. The van der Waals surface area contributed by atoms with E-state index in [1.807, 2.05) is 0 Å². The molecule has 0 aliphatic heterocycles. The third kappa shape index (κ3) is 10.0. The van der Waals surface area contributed by atoms with Crippen LogP contribution in [0.15, 0.2) is 0 Å². The largest absolute Gasteiger partial charge is 0.237 e. The van der Waals surface area contributed by atoms with Gasteiger partial charge in [-0.3, -0.25) is 0 Å². The van der Waals surface area contributed by atoms with Crippen LogP contribution in [0.5, 0.6) is 0 Å². The lowest BCUT2D eigenvalue weighted by molar-refractivity contribution is 0.170. The first-order valence-electron chi connectivity index (χ1n) is 6.39. The summed E-state index contributed by atoms with van der Waals surface area (Å²) in [5.74, 6) is 0.656. The van der Waals surface area contributed by atoms with Gasteiger partial charge in [-0.15, -0.1) is 0 Å². The molecular weight excluding hydrogens is 172 g/mol. The van der Waals surface area contributed by atoms with Crippen LogP contribution in [-0.2, 0) is 5.11 Å². The molecule has 0 fully saturated rings. The zero-order valence-corrected chi connectivity index (χ0v) is 10.1. The van der Waals surface area contributed by atoms with E-state index in [4.69, 9.17) is 0 Å². The van der Waals surface area contributed by atoms with E-state index in [-0.39, 0.29) is 6.61 Å². The Bertz CT molecular complexity index is 101. The first-order chi connectivity index (χ1) is 6.81. The molecule has 0 saturated carbocycles. The minimum atomic E-state index is 0.109. The van der Waals surface area contributed by atoms with Crippen molar-refractivity contribution in [3.63, 3.8) is 0 Å². The Morgan fingerprint density at radius 3 is 2.00 bits per heavy atom. The maximum Gasteiger partial charge on any atom is 0.0824 e. The van der Waals surface area contributed by atoms with Crippen molar-refractivity contribution in [1.82, 2.24) is 0 Å². The van der Waals surface area contributed by atoms with Crippen LogP contribution in [0.4, 0.5) is 0 Å². The van der Waals surface area contributed by atoms with Crippen LogP contribution in [0.1, 0.15) is 71.6 Å². The summed E-state index contributed by atoms with van der Waals surface area (Å²) in [5, 5.41) is 10.3. The molecule has 0 bridgehead atoms. The van der Waals surface area contributed by atoms with Crippen molar-refractivity contribution in [2.24, 2.45) is 5.92 Å². The quantitative estimate of drug-likeness (QED) is 0.459. The van der Waals surface area contributed by atoms with Crippen LogP contribution in [0.3, 0.4) is 0 Å². The van der Waals surface area contributed by atoms with Gasteiger partial charge >= 0.3 is 0 Å². The SMILES string of the molecule is CCCCCCCCCC(C)CC[O]. The first-order valence-corrected chi connectivity index (χ1v) is 6.39. The Kier molecular flexibility index (Phi) is 11.0. The van der Waals surface area contributed by atoms with Crippen molar-refractivity contribution in [3.05, 3.63) is 0 Å². The van der Waals surface area contributed by atoms with Gasteiger partial charge in [0.1, 0.15) is 0 Å². The molecule has 0 aliphatic carbocycles. The molecule has 0 aromatic rings. The minimum Gasteiger partial charge on any atom is -0.237 e. The highest BCUT2D eigenvalue weighted by Crippen LogP contribution is 2.14. The molecule has 1 unspecified atom stereocenters. The van der Waals surface area contributed by atoms with Crippen molar-refractivity contribution < 1.29 is 5.11 Å². The second kappa shape index (κ2) is 11.0. The van der Waals surface area contributed by atoms with Gasteiger partial charge in [-0.1, -0.05) is 65.2 Å². The second-order valence-electron chi connectivity index (χ2n) is 4.51. The van der Waals surface area contributed by atoms with Gasteiger partial charge in [0.15, 0.2) is 0 Å². The monoisotopic (exact) mass is 199 g/mol. The van der Waals surface area contributed by atoms with Crippen molar-refractivity contribution in [2.75, 3.05) is 6.61 Å². The van der Waals surface area contributed by atoms with Crippen molar-refractivity contribution in [3.8, 4) is 0 Å². The summed E-state index contributed by atoms with van der Waals surface area (Å²) in [5.41, 5.74) is 0. The third-order valence-electron chi connectivity index (χ3n) is 2.91. The summed E-state index contributed by atoms with van der Waals surface area (Å²) in [7, 11) is 0. The molecule has 0 aromatic heterocycles. The normalized spacial score (nSPS) is 13.1. The molecule has 0 aromatic carbocycles. The van der Waals surface area contributed by atoms with E-state index in [1.54, 1.807) is 0 Å². The van der Waals surface area contributed by atoms with E-state index in [0.717, 1.165) is 6.42 Å². The van der Waals surface area contributed by atoms with Gasteiger partial charge in [0.25, 0.3) is 0 Å². The Morgan fingerprint density at radius 1 is 0.857 bits per heavy atom. The smallest absolute Gasteiger partial charge is 0.0824 e. The predicted octanol–water partition coefficient (Wildman–Crippen LogP) is 4.58. The van der Waals surface area contributed by atoms with Gasteiger partial charge in [-0.25, -0.2) is 5.11 Å². The molecule has 14 heavy (non-hydrogen) atoms. The summed E-state index contributed by atoms with van der Waals surface area (Å²) in [4.78, 5) is 0. The Balaban J connectivity index is 2.98. The fourth-order valence-corrected chi connectivity index (χ4v) is 1.80. The molecule has 0 spiro atoms. The topological polar surface area (TPSA) is 19.9 Å². The van der Waals surface area contributed by atoms with Crippen LogP contribution in [0, 0.1) is 5.92 Å². The highest BCUT2D eigenvalue weighted by Gasteiger charge is 2.00. The summed E-state index contributed by atoms with van der Waals surface area (Å²) in [6, 6.07) is 0. The average Bonchev–Trinajstić information content (AvgIpc) is 2.17. The van der Waals surface area contributed by atoms with Crippen LogP contribution >= 0.6 is 0 Å². The molecule has 85 valence electrons. The van der Waals surface area contributed by atoms with E-state index in [2.05, 4.69) is 13.8 Å². The molecule has 0 amide bonds. The highest BCUT2D eigenvalue weighted by atomic mass is 16.3. The maximum absolute atomic E-state index is 10.3. The lowest BCUT2D eigenvalue weighted by Gasteiger charge is -2.08. The molecule has 1 nitrogen and oxygen atoms in total. The number of rotatable bonds is 10. The maximum atomic E-state index is 10.3. The Morgan fingerprint density at radius 2 is 1.43 bits per heavy atom. The minimum absolute atomic E-state index is 0.109. The molecule has 0 heterocycles. The summed E-state index contributed by atoms with van der Waals surface area (Å²) < 4.78 is 0. The zero-order valence-electron chi connectivity index (χ0n) is 10.1. The Hall–Kier alpha value is -0.0400. The first kappa shape index (κ1) is 14.0.